The van der Waals surface area contributed by atoms with E-state index >= 15 is 0 Å². The maximum atomic E-state index is 5.36. The number of aromatic nitrogens is 2. The Morgan fingerprint density at radius 1 is 1.47 bits per heavy atom. The second-order valence-electron chi connectivity index (χ2n) is 5.02. The highest BCUT2D eigenvalue weighted by atomic mass is 15.3. The maximum absolute atomic E-state index is 5.36. The van der Waals surface area contributed by atoms with Crippen molar-refractivity contribution in [2.45, 2.75) is 39.7 Å². The molecule has 0 amide bonds. The second kappa shape index (κ2) is 4.87. The Balaban J connectivity index is 2.26. The number of hydrogen-bond donors (Lipinski definition) is 2. The topological polar surface area (TPSA) is 67.1 Å². The zero-order valence-corrected chi connectivity index (χ0v) is 10.8. The van der Waals surface area contributed by atoms with Crippen molar-refractivity contribution in [3.05, 3.63) is 11.8 Å². The van der Waals surface area contributed by atoms with Gasteiger partial charge in [0.25, 0.3) is 0 Å². The van der Waals surface area contributed by atoms with Gasteiger partial charge in [-0.2, -0.15) is 4.98 Å². The molecule has 0 bridgehead atoms. The van der Waals surface area contributed by atoms with Crippen molar-refractivity contribution in [3.8, 4) is 0 Å². The minimum atomic E-state index is 0.483. The lowest BCUT2D eigenvalue weighted by Crippen LogP contribution is -2.41. The molecule has 0 aliphatic carbocycles. The van der Waals surface area contributed by atoms with Crippen LogP contribution in [-0.4, -0.2) is 22.6 Å². The standard InChI is InChI=1S/C12H21N5/c1-8-4-5-17(10(3)6-8)11-9(2)7-14-12(15-11)16-13/h7-8,10H,4-6,13H2,1-3H3,(H,14,15,16). The normalized spacial score (nSPS) is 24.8. The predicted octanol–water partition coefficient (Wildman–Crippen LogP) is 1.70. The molecule has 17 heavy (non-hydrogen) atoms. The van der Waals surface area contributed by atoms with E-state index in [0.29, 0.717) is 12.0 Å². The fraction of sp³-hybridized carbons (Fsp3) is 0.667. The van der Waals surface area contributed by atoms with E-state index in [0.717, 1.165) is 23.8 Å². The summed E-state index contributed by atoms with van der Waals surface area (Å²) in [6, 6.07) is 0.526. The molecule has 3 N–H and O–H groups in total. The lowest BCUT2D eigenvalue weighted by atomic mass is 9.93. The third-order valence-electron chi connectivity index (χ3n) is 3.48. The number of nitrogen functional groups attached to an aromatic ring is 1. The Labute approximate surface area is 102 Å². The third-order valence-corrected chi connectivity index (χ3v) is 3.48. The first-order valence-corrected chi connectivity index (χ1v) is 6.18. The molecule has 5 nitrogen and oxygen atoms in total. The van der Waals surface area contributed by atoms with Crippen LogP contribution in [0.3, 0.4) is 0 Å². The Morgan fingerprint density at radius 2 is 2.24 bits per heavy atom. The SMILES string of the molecule is Cc1cnc(NN)nc1N1CCC(C)CC1C. The summed E-state index contributed by atoms with van der Waals surface area (Å²) < 4.78 is 0. The van der Waals surface area contributed by atoms with Crippen LogP contribution < -0.4 is 16.2 Å². The highest BCUT2D eigenvalue weighted by Gasteiger charge is 2.25. The lowest BCUT2D eigenvalue weighted by Gasteiger charge is -2.38. The van der Waals surface area contributed by atoms with Crippen LogP contribution in [0.15, 0.2) is 6.20 Å². The molecule has 5 heteroatoms. The van der Waals surface area contributed by atoms with Crippen molar-refractivity contribution in [2.75, 3.05) is 16.9 Å². The summed E-state index contributed by atoms with van der Waals surface area (Å²) >= 11 is 0. The van der Waals surface area contributed by atoms with Crippen LogP contribution in [0.4, 0.5) is 11.8 Å². The van der Waals surface area contributed by atoms with Gasteiger partial charge >= 0.3 is 0 Å². The largest absolute Gasteiger partial charge is 0.354 e. The van der Waals surface area contributed by atoms with E-state index in [2.05, 4.69) is 34.1 Å². The summed E-state index contributed by atoms with van der Waals surface area (Å²) in [4.78, 5) is 10.9. The summed E-state index contributed by atoms with van der Waals surface area (Å²) in [5.41, 5.74) is 3.61. The van der Waals surface area contributed by atoms with Crippen LogP contribution in [0.2, 0.25) is 0 Å². The molecule has 1 aliphatic rings. The Morgan fingerprint density at radius 3 is 2.88 bits per heavy atom. The van der Waals surface area contributed by atoms with Crippen LogP contribution in [0.25, 0.3) is 0 Å². The summed E-state index contributed by atoms with van der Waals surface area (Å²) in [7, 11) is 0. The number of nitrogens with zero attached hydrogens (tertiary/aromatic N) is 3. The molecule has 0 aromatic carbocycles. The number of rotatable bonds is 2. The van der Waals surface area contributed by atoms with Gasteiger partial charge in [-0.05, 0) is 32.6 Å². The van der Waals surface area contributed by atoms with Crippen LogP contribution in [0.5, 0.6) is 0 Å². The fourth-order valence-corrected chi connectivity index (χ4v) is 2.52. The minimum absolute atomic E-state index is 0.483. The molecule has 1 aromatic heterocycles. The fourth-order valence-electron chi connectivity index (χ4n) is 2.52. The molecule has 1 aromatic rings. The van der Waals surface area contributed by atoms with Crippen molar-refractivity contribution in [1.82, 2.24) is 9.97 Å². The molecule has 0 radical (unpaired) electrons. The third kappa shape index (κ3) is 2.49. The summed E-state index contributed by atoms with van der Waals surface area (Å²) in [5.74, 6) is 7.65. The van der Waals surface area contributed by atoms with Gasteiger partial charge in [-0.1, -0.05) is 6.92 Å². The molecule has 94 valence electrons. The van der Waals surface area contributed by atoms with E-state index in [1.807, 2.05) is 13.1 Å². The molecule has 2 rings (SSSR count). The van der Waals surface area contributed by atoms with Crippen molar-refractivity contribution < 1.29 is 0 Å². The molecule has 0 saturated carbocycles. The number of nitrogens with one attached hydrogen (secondary N) is 1. The van der Waals surface area contributed by atoms with Crippen LogP contribution in [0.1, 0.15) is 32.3 Å². The lowest BCUT2D eigenvalue weighted by molar-refractivity contribution is 0.375. The molecule has 2 heterocycles. The average molecular weight is 235 g/mol. The Kier molecular flexibility index (Phi) is 3.47. The van der Waals surface area contributed by atoms with Gasteiger partial charge in [-0.25, -0.2) is 10.8 Å². The average Bonchev–Trinajstić information content (AvgIpc) is 2.30. The van der Waals surface area contributed by atoms with Gasteiger partial charge in [0.15, 0.2) is 0 Å². The van der Waals surface area contributed by atoms with Gasteiger partial charge in [-0.15, -0.1) is 0 Å². The van der Waals surface area contributed by atoms with Crippen molar-refractivity contribution in [2.24, 2.45) is 11.8 Å². The second-order valence-corrected chi connectivity index (χ2v) is 5.02. The first-order chi connectivity index (χ1) is 8.11. The van der Waals surface area contributed by atoms with Gasteiger partial charge in [0.2, 0.25) is 5.95 Å². The molecule has 1 saturated heterocycles. The molecular formula is C12H21N5. The van der Waals surface area contributed by atoms with Gasteiger partial charge in [0, 0.05) is 24.3 Å². The van der Waals surface area contributed by atoms with E-state index in [4.69, 9.17) is 5.84 Å². The quantitative estimate of drug-likeness (QED) is 0.603. The van der Waals surface area contributed by atoms with Crippen LogP contribution in [-0.2, 0) is 0 Å². The number of nitrogens with two attached hydrogens (primary N) is 1. The van der Waals surface area contributed by atoms with Gasteiger partial charge in [0.1, 0.15) is 5.82 Å². The highest BCUT2D eigenvalue weighted by molar-refractivity contribution is 5.49. The number of piperidine rings is 1. The van der Waals surface area contributed by atoms with Crippen LogP contribution >= 0.6 is 0 Å². The van der Waals surface area contributed by atoms with Gasteiger partial charge < -0.3 is 4.90 Å². The molecule has 1 aliphatic heterocycles. The van der Waals surface area contributed by atoms with E-state index in [1.165, 1.54) is 12.8 Å². The first-order valence-electron chi connectivity index (χ1n) is 6.18. The van der Waals surface area contributed by atoms with Crippen molar-refractivity contribution in [1.29, 1.82) is 0 Å². The zero-order valence-electron chi connectivity index (χ0n) is 10.8. The molecular weight excluding hydrogens is 214 g/mol. The number of hydrazine groups is 1. The molecule has 2 unspecified atom stereocenters. The van der Waals surface area contributed by atoms with Crippen LogP contribution in [0, 0.1) is 12.8 Å². The van der Waals surface area contributed by atoms with E-state index in [9.17, 15) is 0 Å². The predicted molar refractivity (Wildman–Crippen MR) is 69.8 cm³/mol. The highest BCUT2D eigenvalue weighted by Crippen LogP contribution is 2.28. The Hall–Kier alpha value is -1.36. The van der Waals surface area contributed by atoms with E-state index in [1.54, 1.807) is 0 Å². The maximum Gasteiger partial charge on any atom is 0.239 e. The number of anilines is 2. The molecule has 1 fully saturated rings. The van der Waals surface area contributed by atoms with Gasteiger partial charge in [0.05, 0.1) is 0 Å². The summed E-state index contributed by atoms with van der Waals surface area (Å²) in [5, 5.41) is 0. The summed E-state index contributed by atoms with van der Waals surface area (Å²) in [6.45, 7) is 7.67. The molecule has 0 spiro atoms. The van der Waals surface area contributed by atoms with Crippen molar-refractivity contribution in [3.63, 3.8) is 0 Å². The van der Waals surface area contributed by atoms with E-state index in [-0.39, 0.29) is 0 Å². The minimum Gasteiger partial charge on any atom is -0.354 e. The number of aryl methyl sites for hydroxylation is 1. The zero-order chi connectivity index (χ0) is 12.4. The summed E-state index contributed by atoms with van der Waals surface area (Å²) in [6.07, 6.45) is 4.26. The number of hydrogen-bond acceptors (Lipinski definition) is 5. The van der Waals surface area contributed by atoms with Crippen molar-refractivity contribution >= 4 is 11.8 Å². The Bertz CT molecular complexity index is 392. The van der Waals surface area contributed by atoms with E-state index < -0.39 is 0 Å². The van der Waals surface area contributed by atoms with Gasteiger partial charge in [-0.3, -0.25) is 5.43 Å². The monoisotopic (exact) mass is 235 g/mol. The first kappa shape index (κ1) is 12.1. The molecule has 2 atom stereocenters. The smallest absolute Gasteiger partial charge is 0.239 e.